The molecule has 8 nitrogen and oxygen atoms in total. The van der Waals surface area contributed by atoms with Gasteiger partial charge in [0.1, 0.15) is 19.6 Å². The molecule has 1 amide bonds. The number of hydrogen-bond acceptors (Lipinski definition) is 6. The van der Waals surface area contributed by atoms with Gasteiger partial charge in [0.15, 0.2) is 6.61 Å². The van der Waals surface area contributed by atoms with Gasteiger partial charge in [-0.1, -0.05) is 62.6 Å². The van der Waals surface area contributed by atoms with Gasteiger partial charge in [0, 0.05) is 13.0 Å². The highest BCUT2D eigenvalue weighted by atomic mass is 16.6. The molecular formula is C26H40NO7+. The van der Waals surface area contributed by atoms with Crippen LogP contribution in [0.15, 0.2) is 43.0 Å². The predicted octanol–water partition coefficient (Wildman–Crippen LogP) is 4.69. The molecule has 1 atom stereocenters. The molecule has 0 fully saturated rings. The quantitative estimate of drug-likeness (QED) is 0.102. The van der Waals surface area contributed by atoms with Crippen LogP contribution in [-0.2, 0) is 30.3 Å². The van der Waals surface area contributed by atoms with E-state index in [1.165, 1.54) is 0 Å². The van der Waals surface area contributed by atoms with Crippen molar-refractivity contribution in [1.82, 2.24) is 5.32 Å². The van der Waals surface area contributed by atoms with Crippen LogP contribution in [0.1, 0.15) is 63.9 Å². The van der Waals surface area contributed by atoms with E-state index in [9.17, 15) is 14.4 Å². The van der Waals surface area contributed by atoms with Crippen LogP contribution in [0.25, 0.3) is 0 Å². The number of rotatable bonds is 19. The molecule has 8 heteroatoms. The van der Waals surface area contributed by atoms with E-state index in [-0.39, 0.29) is 38.2 Å². The van der Waals surface area contributed by atoms with Gasteiger partial charge in [-0.3, -0.25) is 4.79 Å². The lowest BCUT2D eigenvalue weighted by molar-refractivity contribution is -0.147. The number of ether oxygens (including phenoxy) is 4. The summed E-state index contributed by atoms with van der Waals surface area (Å²) in [7, 11) is 0. The molecule has 1 rings (SSSR count). The Balaban J connectivity index is 2.14. The van der Waals surface area contributed by atoms with E-state index >= 15 is 0 Å². The average Bonchev–Trinajstić information content (AvgIpc) is 2.84. The van der Waals surface area contributed by atoms with E-state index in [0.717, 1.165) is 37.7 Å². The summed E-state index contributed by atoms with van der Waals surface area (Å²) in [6.45, 7) is 6.92. The lowest BCUT2D eigenvalue weighted by Gasteiger charge is -2.12. The Kier molecular flexibility index (Phi) is 16.8. The molecule has 1 unspecified atom stereocenters. The Bertz CT molecular complexity index is 708. The molecule has 190 valence electrons. The first kappa shape index (κ1) is 29.2. The Labute approximate surface area is 203 Å². The summed E-state index contributed by atoms with van der Waals surface area (Å²) in [5.74, 6) is -0.399. The van der Waals surface area contributed by atoms with Crippen molar-refractivity contribution in [3.05, 3.63) is 48.6 Å². The molecule has 0 heterocycles. The van der Waals surface area contributed by atoms with Crippen LogP contribution in [-0.4, -0.2) is 55.3 Å². The van der Waals surface area contributed by atoms with Crippen molar-refractivity contribution in [2.24, 2.45) is 0 Å². The van der Waals surface area contributed by atoms with Crippen LogP contribution in [0.5, 0.6) is 0 Å². The summed E-state index contributed by atoms with van der Waals surface area (Å²) < 4.78 is 21.3. The smallest absolute Gasteiger partial charge is 0.459 e. The second-order valence-corrected chi connectivity index (χ2v) is 7.90. The monoisotopic (exact) mass is 478 g/mol. The molecule has 1 aromatic rings. The minimum absolute atomic E-state index is 0.00260. The Morgan fingerprint density at radius 1 is 1.03 bits per heavy atom. The standard InChI is InChI=1S/C26H39NO7/c1-3-5-8-16-25(29)34-23(20-31-18-4-2)21-32-24(28)15-11-7-12-17-27-26(30)33-19-22-13-9-6-10-14-22/h4,6,9-10,13-14,23H,2-3,5,7-8,11-12,15-21H2,1H3,(H,27,30)/p+1. The van der Waals surface area contributed by atoms with E-state index in [2.05, 4.69) is 18.8 Å². The fraction of sp³-hybridized carbons (Fsp3) is 0.577. The van der Waals surface area contributed by atoms with Crippen molar-refractivity contribution in [2.75, 3.05) is 26.4 Å². The maximum Gasteiger partial charge on any atom is 0.483 e. The molecule has 0 aliphatic heterocycles. The molecule has 0 spiro atoms. The van der Waals surface area contributed by atoms with Crippen molar-refractivity contribution in [3.8, 4) is 0 Å². The van der Waals surface area contributed by atoms with Gasteiger partial charge >= 0.3 is 18.0 Å². The van der Waals surface area contributed by atoms with E-state index in [0.29, 0.717) is 26.0 Å². The summed E-state index contributed by atoms with van der Waals surface area (Å²) in [6, 6.07) is 9.47. The maximum absolute atomic E-state index is 12.0. The summed E-state index contributed by atoms with van der Waals surface area (Å²) >= 11 is 0. The number of benzene rings is 1. The number of amides is 1. The van der Waals surface area contributed by atoms with Crippen molar-refractivity contribution in [1.29, 1.82) is 0 Å². The van der Waals surface area contributed by atoms with E-state index in [1.807, 2.05) is 30.3 Å². The fourth-order valence-corrected chi connectivity index (χ4v) is 2.97. The lowest BCUT2D eigenvalue weighted by Crippen LogP contribution is -2.30. The number of unbranched alkanes of at least 4 members (excludes halogenated alkanes) is 4. The van der Waals surface area contributed by atoms with Crippen LogP contribution in [0, 0.1) is 0 Å². The van der Waals surface area contributed by atoms with Crippen LogP contribution >= 0.6 is 0 Å². The molecule has 1 aromatic carbocycles. The number of hydrogen-bond donors (Lipinski definition) is 1. The normalized spacial score (nSPS) is 11.3. The SMILES string of the molecule is C=CCOCC(COC(=O)CCCCCNC(=O)OCc1ccccc1)OC(=[OH+])CCCCC. The zero-order valence-corrected chi connectivity index (χ0v) is 20.3. The highest BCUT2D eigenvalue weighted by Crippen LogP contribution is 2.06. The fourth-order valence-electron chi connectivity index (χ4n) is 2.97. The third-order valence-electron chi connectivity index (χ3n) is 4.81. The highest BCUT2D eigenvalue weighted by Gasteiger charge is 2.24. The summed E-state index contributed by atoms with van der Waals surface area (Å²) in [5, 5.41) is 2.70. The van der Waals surface area contributed by atoms with Crippen LogP contribution in [0.2, 0.25) is 0 Å². The molecule has 0 aliphatic carbocycles. The summed E-state index contributed by atoms with van der Waals surface area (Å²) in [4.78, 5) is 33.7. The topological polar surface area (TPSA) is 104 Å². The van der Waals surface area contributed by atoms with Gasteiger partial charge in [-0.25, -0.2) is 4.79 Å². The lowest BCUT2D eigenvalue weighted by atomic mass is 10.2. The Morgan fingerprint density at radius 3 is 2.53 bits per heavy atom. The molecule has 0 saturated heterocycles. The first-order valence-corrected chi connectivity index (χ1v) is 12.0. The van der Waals surface area contributed by atoms with Crippen molar-refractivity contribution < 1.29 is 33.3 Å². The van der Waals surface area contributed by atoms with Gasteiger partial charge in [0.25, 0.3) is 6.10 Å². The molecule has 0 radical (unpaired) electrons. The zero-order valence-electron chi connectivity index (χ0n) is 20.3. The van der Waals surface area contributed by atoms with Crippen LogP contribution in [0.4, 0.5) is 4.79 Å². The number of carbonyl (C=O) groups is 2. The van der Waals surface area contributed by atoms with Crippen molar-refractivity contribution in [3.63, 3.8) is 0 Å². The van der Waals surface area contributed by atoms with E-state index < -0.39 is 12.2 Å². The molecule has 0 aromatic heterocycles. The highest BCUT2D eigenvalue weighted by molar-refractivity contribution is 5.71. The van der Waals surface area contributed by atoms with E-state index in [4.69, 9.17) is 18.9 Å². The molecule has 0 saturated carbocycles. The van der Waals surface area contributed by atoms with Gasteiger partial charge < -0.3 is 29.1 Å². The van der Waals surface area contributed by atoms with Gasteiger partial charge in [-0.2, -0.15) is 0 Å². The number of alkyl carbamates (subject to hydrolysis) is 1. The Hall–Kier alpha value is -2.87. The molecular weight excluding hydrogens is 438 g/mol. The summed E-state index contributed by atoms with van der Waals surface area (Å²) in [6.07, 6.45) is 6.34. The second kappa shape index (κ2) is 19.6. The van der Waals surface area contributed by atoms with Gasteiger partial charge in [-0.05, 0) is 24.8 Å². The maximum atomic E-state index is 12.0. The third kappa shape index (κ3) is 15.9. The van der Waals surface area contributed by atoms with Gasteiger partial charge in [0.05, 0.1) is 6.61 Å². The Morgan fingerprint density at radius 2 is 1.79 bits per heavy atom. The van der Waals surface area contributed by atoms with Crippen LogP contribution < -0.4 is 5.32 Å². The molecule has 0 aliphatic rings. The number of carbonyl (C=O) groups excluding carboxylic acids is 3. The summed E-state index contributed by atoms with van der Waals surface area (Å²) in [5.41, 5.74) is 0.931. The van der Waals surface area contributed by atoms with Crippen molar-refractivity contribution >= 4 is 18.0 Å². The molecule has 2 N–H and O–H groups in total. The van der Waals surface area contributed by atoms with Crippen LogP contribution in [0.3, 0.4) is 0 Å². The third-order valence-corrected chi connectivity index (χ3v) is 4.81. The van der Waals surface area contributed by atoms with Crippen molar-refractivity contribution in [2.45, 2.75) is 71.0 Å². The number of nitrogens with one attached hydrogen (secondary N) is 1. The average molecular weight is 479 g/mol. The number of esters is 2. The van der Waals surface area contributed by atoms with Gasteiger partial charge in [-0.15, -0.1) is 6.58 Å². The minimum atomic E-state index is -0.573. The second-order valence-electron chi connectivity index (χ2n) is 7.90. The predicted molar refractivity (Wildman–Crippen MR) is 131 cm³/mol. The van der Waals surface area contributed by atoms with Gasteiger partial charge in [0.2, 0.25) is 0 Å². The zero-order chi connectivity index (χ0) is 24.9. The van der Waals surface area contributed by atoms with E-state index in [1.54, 1.807) is 6.08 Å². The molecule has 34 heavy (non-hydrogen) atoms. The largest absolute Gasteiger partial charge is 0.483 e. The first-order chi connectivity index (χ1) is 16.5. The minimum Gasteiger partial charge on any atom is -0.459 e. The molecule has 0 bridgehead atoms. The first-order valence-electron chi connectivity index (χ1n) is 12.0.